The van der Waals surface area contributed by atoms with Gasteiger partial charge in [0, 0.05) is 23.3 Å². The smallest absolute Gasteiger partial charge is 0.333 e. The van der Waals surface area contributed by atoms with Crippen LogP contribution in [0.3, 0.4) is 0 Å². The molecule has 0 aromatic carbocycles. The molecule has 5 heteroatoms. The quantitative estimate of drug-likeness (QED) is 0.481. The Morgan fingerprint density at radius 2 is 1.91 bits per heavy atom. The van der Waals surface area contributed by atoms with E-state index in [0.717, 1.165) is 36.8 Å². The van der Waals surface area contributed by atoms with Crippen LogP contribution in [-0.4, -0.2) is 39.8 Å². The number of carbonyl (C=O) groups excluding carboxylic acids is 2. The van der Waals surface area contributed by atoms with Crippen molar-refractivity contribution in [2.24, 2.45) is 22.7 Å². The van der Waals surface area contributed by atoms with Gasteiger partial charge in [-0.25, -0.2) is 4.79 Å². The lowest BCUT2D eigenvalue weighted by molar-refractivity contribution is -0.164. The molecular weight excluding hydrogens is 416 g/mol. The predicted octanol–water partition coefficient (Wildman–Crippen LogP) is 4.35. The van der Waals surface area contributed by atoms with Crippen molar-refractivity contribution in [2.45, 2.75) is 91.0 Å². The van der Waals surface area contributed by atoms with E-state index in [2.05, 4.69) is 13.0 Å². The van der Waals surface area contributed by atoms with Gasteiger partial charge in [-0.3, -0.25) is 4.79 Å². The number of ketones is 1. The van der Waals surface area contributed by atoms with E-state index in [1.807, 2.05) is 20.8 Å². The van der Waals surface area contributed by atoms with E-state index in [1.165, 1.54) is 11.1 Å². The van der Waals surface area contributed by atoms with Crippen molar-refractivity contribution >= 4 is 11.8 Å². The molecule has 0 saturated heterocycles. The number of esters is 1. The first-order valence-electron chi connectivity index (χ1n) is 12.4. The van der Waals surface area contributed by atoms with Gasteiger partial charge in [-0.05, 0) is 76.5 Å². The average Bonchev–Trinajstić information content (AvgIpc) is 3.06. The van der Waals surface area contributed by atoms with Gasteiger partial charge in [0.1, 0.15) is 6.10 Å². The molecule has 7 atom stereocenters. The van der Waals surface area contributed by atoms with Crippen molar-refractivity contribution in [1.82, 2.24) is 0 Å². The highest BCUT2D eigenvalue weighted by atomic mass is 16.5. The average molecular weight is 453 g/mol. The van der Waals surface area contributed by atoms with Crippen LogP contribution < -0.4 is 0 Å². The maximum absolute atomic E-state index is 13.1. The first kappa shape index (κ1) is 22.8. The topological polar surface area (TPSA) is 83.8 Å². The summed E-state index contributed by atoms with van der Waals surface area (Å²) in [6, 6.07) is 0. The summed E-state index contributed by atoms with van der Waals surface area (Å²) in [5, 5.41) is 22.8. The molecule has 33 heavy (non-hydrogen) atoms. The Hall–Kier alpha value is -1.98. The van der Waals surface area contributed by atoms with E-state index in [4.69, 9.17) is 4.74 Å². The summed E-state index contributed by atoms with van der Waals surface area (Å²) >= 11 is 0. The largest absolute Gasteiger partial charge is 0.458 e. The first-order valence-corrected chi connectivity index (χ1v) is 12.4. The van der Waals surface area contributed by atoms with E-state index >= 15 is 0 Å². The van der Waals surface area contributed by atoms with Crippen LogP contribution in [0, 0.1) is 22.7 Å². The second kappa shape index (κ2) is 7.26. The molecule has 1 aliphatic heterocycles. The number of aliphatic hydroxyl groups excluding tert-OH is 1. The lowest BCUT2D eigenvalue weighted by Gasteiger charge is -2.54. The first-order chi connectivity index (χ1) is 15.4. The van der Waals surface area contributed by atoms with Crippen LogP contribution in [0.1, 0.15) is 73.1 Å². The molecule has 1 heterocycles. The normalized spacial score (nSPS) is 43.6. The van der Waals surface area contributed by atoms with Crippen LogP contribution in [-0.2, 0) is 14.3 Å². The van der Waals surface area contributed by atoms with Gasteiger partial charge in [-0.1, -0.05) is 36.6 Å². The highest BCUT2D eigenvalue weighted by molar-refractivity contribution is 5.99. The Bertz CT molecular complexity index is 1060. The molecule has 1 fully saturated rings. The fourth-order valence-electron chi connectivity index (χ4n) is 7.77. The van der Waals surface area contributed by atoms with Gasteiger partial charge in [0.05, 0.1) is 17.1 Å². The van der Waals surface area contributed by atoms with Gasteiger partial charge in [-0.15, -0.1) is 0 Å². The lowest BCUT2D eigenvalue weighted by atomic mass is 9.51. The highest BCUT2D eigenvalue weighted by Crippen LogP contribution is 2.65. The van der Waals surface area contributed by atoms with Crippen LogP contribution in [0.15, 0.2) is 46.1 Å². The molecule has 0 radical (unpaired) electrons. The maximum atomic E-state index is 13.1. The molecule has 0 aromatic heterocycles. The number of allylic oxidation sites excluding steroid dienone is 3. The van der Waals surface area contributed by atoms with Gasteiger partial charge >= 0.3 is 5.97 Å². The molecular formula is C28H36O5. The van der Waals surface area contributed by atoms with Crippen LogP contribution in [0.5, 0.6) is 0 Å². The third-order valence-electron chi connectivity index (χ3n) is 10.2. The molecule has 0 aromatic rings. The van der Waals surface area contributed by atoms with E-state index in [-0.39, 0.29) is 29.7 Å². The van der Waals surface area contributed by atoms with Crippen molar-refractivity contribution < 1.29 is 24.5 Å². The molecule has 5 rings (SSSR count). The lowest BCUT2D eigenvalue weighted by Crippen LogP contribution is -2.55. The molecule has 1 saturated carbocycles. The summed E-state index contributed by atoms with van der Waals surface area (Å²) in [6.45, 7) is 9.97. The van der Waals surface area contributed by atoms with Gasteiger partial charge in [0.15, 0.2) is 5.78 Å². The molecule has 0 bridgehead atoms. The zero-order valence-electron chi connectivity index (χ0n) is 20.4. The molecule has 5 aliphatic rings. The molecule has 5 nitrogen and oxygen atoms in total. The summed E-state index contributed by atoms with van der Waals surface area (Å²) in [4.78, 5) is 25.5. The zero-order chi connectivity index (χ0) is 23.9. The van der Waals surface area contributed by atoms with Gasteiger partial charge in [0.25, 0.3) is 0 Å². The predicted molar refractivity (Wildman–Crippen MR) is 125 cm³/mol. The summed E-state index contributed by atoms with van der Waals surface area (Å²) < 4.78 is 5.79. The van der Waals surface area contributed by atoms with Crippen LogP contribution >= 0.6 is 0 Å². The van der Waals surface area contributed by atoms with Crippen molar-refractivity contribution in [1.29, 1.82) is 0 Å². The minimum atomic E-state index is -0.975. The molecule has 4 aliphatic carbocycles. The third-order valence-corrected chi connectivity index (χ3v) is 10.2. The molecule has 0 amide bonds. The minimum absolute atomic E-state index is 0.0608. The Balaban J connectivity index is 1.53. The monoisotopic (exact) mass is 452 g/mol. The number of hydrogen-bond donors (Lipinski definition) is 2. The number of carbonyl (C=O) groups is 2. The number of ether oxygens (including phenoxy) is 1. The van der Waals surface area contributed by atoms with Gasteiger partial charge in [-0.2, -0.15) is 0 Å². The maximum Gasteiger partial charge on any atom is 0.333 e. The second-order valence-corrected chi connectivity index (χ2v) is 11.4. The van der Waals surface area contributed by atoms with Crippen molar-refractivity contribution in [2.75, 3.05) is 0 Å². The zero-order valence-corrected chi connectivity index (χ0v) is 20.4. The Labute approximate surface area is 196 Å². The van der Waals surface area contributed by atoms with Gasteiger partial charge in [0.2, 0.25) is 0 Å². The van der Waals surface area contributed by atoms with Crippen LogP contribution in [0.25, 0.3) is 0 Å². The number of cyclic esters (lactones) is 1. The van der Waals surface area contributed by atoms with Crippen LogP contribution in [0.4, 0.5) is 0 Å². The number of hydrogen-bond acceptors (Lipinski definition) is 5. The van der Waals surface area contributed by atoms with E-state index in [0.29, 0.717) is 18.4 Å². The standard InChI is InChI=1S/C28H36O5/c1-15-14-23(33-25(31)16(15)2)17(3)28(32)13-11-19-18-6-7-21-22(29)8-9-24(30)27(21,5)20(18)10-12-26(19,28)4/h7-9,17,20,22-23,29,32H,6,10-14H2,1-5H3. The molecule has 2 N–H and O–H groups in total. The summed E-state index contributed by atoms with van der Waals surface area (Å²) in [6.07, 6.45) is 8.56. The SMILES string of the molecule is CC1=C(C)C(=O)OC(C(C)C2(O)CCC3=C4CC=C5C(O)C=CC(=O)C5(C)C4CCC32C)C1. The molecule has 7 unspecified atom stereocenters. The third kappa shape index (κ3) is 2.84. The minimum Gasteiger partial charge on any atom is -0.458 e. The fraction of sp³-hybridized carbons (Fsp3) is 0.643. The molecule has 178 valence electrons. The van der Waals surface area contributed by atoms with Crippen molar-refractivity contribution in [3.63, 3.8) is 0 Å². The van der Waals surface area contributed by atoms with E-state index in [9.17, 15) is 19.8 Å². The number of rotatable bonds is 2. The van der Waals surface area contributed by atoms with Crippen molar-refractivity contribution in [3.8, 4) is 0 Å². The second-order valence-electron chi connectivity index (χ2n) is 11.4. The Morgan fingerprint density at radius 1 is 1.18 bits per heavy atom. The number of aliphatic hydroxyl groups is 2. The highest BCUT2D eigenvalue weighted by Gasteiger charge is 2.63. The van der Waals surface area contributed by atoms with Crippen molar-refractivity contribution in [3.05, 3.63) is 46.1 Å². The summed E-state index contributed by atoms with van der Waals surface area (Å²) in [7, 11) is 0. The Kier molecular flexibility index (Phi) is 5.01. The summed E-state index contributed by atoms with van der Waals surface area (Å²) in [5.74, 6) is -0.343. The van der Waals surface area contributed by atoms with E-state index in [1.54, 1.807) is 19.1 Å². The Morgan fingerprint density at radius 3 is 2.61 bits per heavy atom. The number of fused-ring (bicyclic) bond motifs is 4. The molecule has 0 spiro atoms. The fourth-order valence-corrected chi connectivity index (χ4v) is 7.77. The van der Waals surface area contributed by atoms with E-state index < -0.39 is 22.5 Å². The van der Waals surface area contributed by atoms with Crippen LogP contribution in [0.2, 0.25) is 0 Å². The summed E-state index contributed by atoms with van der Waals surface area (Å²) in [5.41, 5.74) is 3.02. The van der Waals surface area contributed by atoms with Gasteiger partial charge < -0.3 is 14.9 Å².